The van der Waals surface area contributed by atoms with Gasteiger partial charge in [0.25, 0.3) is 0 Å². The van der Waals surface area contributed by atoms with E-state index in [4.69, 9.17) is 9.84 Å². The van der Waals surface area contributed by atoms with Crippen molar-refractivity contribution >= 4 is 11.8 Å². The fourth-order valence-electron chi connectivity index (χ4n) is 2.54. The van der Waals surface area contributed by atoms with Crippen LogP contribution in [0.25, 0.3) is 0 Å². The van der Waals surface area contributed by atoms with Gasteiger partial charge in [0, 0.05) is 12.8 Å². The van der Waals surface area contributed by atoms with E-state index in [-0.39, 0.29) is 18.3 Å². The fraction of sp³-hybridized carbons (Fsp3) is 0.778. The van der Waals surface area contributed by atoms with Crippen LogP contribution < -0.4 is 0 Å². The maximum absolute atomic E-state index is 11.7. The van der Waals surface area contributed by atoms with Gasteiger partial charge in [0.2, 0.25) is 0 Å². The van der Waals surface area contributed by atoms with Gasteiger partial charge in [0.15, 0.2) is 5.78 Å². The molecule has 0 unspecified atom stereocenters. The van der Waals surface area contributed by atoms with Crippen molar-refractivity contribution in [3.63, 3.8) is 0 Å². The minimum atomic E-state index is -0.726. The number of hydrogen-bond donors (Lipinski definition) is 1. The average Bonchev–Trinajstić information content (AvgIpc) is 3.22. The number of hydrogen-bond acceptors (Lipinski definition) is 3. The highest BCUT2D eigenvalue weighted by Gasteiger charge is 2.35. The maximum Gasteiger partial charge on any atom is 0.303 e. The number of carboxylic acid groups (broad SMARTS) is 1. The molecule has 1 aliphatic rings. The molecule has 4 heteroatoms. The molecule has 1 saturated heterocycles. The van der Waals surface area contributed by atoms with Crippen molar-refractivity contribution in [2.24, 2.45) is 0 Å². The Bertz CT molecular complexity index is 362. The molecule has 1 aliphatic heterocycles. The Hall–Kier alpha value is -1.16. The summed E-state index contributed by atoms with van der Waals surface area (Å²) >= 11 is 0. The van der Waals surface area contributed by atoms with Crippen molar-refractivity contribution in [2.75, 3.05) is 0 Å². The number of epoxide rings is 1. The minimum Gasteiger partial charge on any atom is -0.481 e. The third-order valence-corrected chi connectivity index (χ3v) is 4.00. The number of rotatable bonds is 14. The first-order valence-corrected chi connectivity index (χ1v) is 8.71. The molecule has 0 spiro atoms. The minimum absolute atomic E-state index is 0.164. The molecule has 2 atom stereocenters. The molecule has 0 bridgehead atoms. The summed E-state index contributed by atoms with van der Waals surface area (Å²) in [6.07, 6.45) is 14.3. The van der Waals surface area contributed by atoms with E-state index in [1.807, 2.05) is 6.08 Å². The Balaban J connectivity index is 1.93. The second-order valence-corrected chi connectivity index (χ2v) is 6.12. The number of allylic oxidation sites excluding steroid dienone is 1. The summed E-state index contributed by atoms with van der Waals surface area (Å²) in [7, 11) is 0. The number of ketones is 1. The second-order valence-electron chi connectivity index (χ2n) is 6.12. The van der Waals surface area contributed by atoms with Crippen LogP contribution in [0.2, 0.25) is 0 Å². The molecule has 1 fully saturated rings. The molecule has 1 N–H and O–H groups in total. The fourth-order valence-corrected chi connectivity index (χ4v) is 2.54. The molecule has 22 heavy (non-hydrogen) atoms. The summed E-state index contributed by atoms with van der Waals surface area (Å²) in [6.45, 7) is 2.19. The van der Waals surface area contributed by atoms with E-state index in [2.05, 4.69) is 6.92 Å². The quantitative estimate of drug-likeness (QED) is 0.295. The summed E-state index contributed by atoms with van der Waals surface area (Å²) in [6, 6.07) is 0. The van der Waals surface area contributed by atoms with E-state index in [0.29, 0.717) is 12.5 Å². The Labute approximate surface area is 133 Å². The van der Waals surface area contributed by atoms with Gasteiger partial charge in [-0.3, -0.25) is 9.59 Å². The lowest BCUT2D eigenvalue weighted by atomic mass is 10.1. The molecular weight excluding hydrogens is 280 g/mol. The Morgan fingerprint density at radius 3 is 2.36 bits per heavy atom. The molecular formula is C18H30O4. The number of carboxylic acids is 1. The van der Waals surface area contributed by atoms with E-state index in [0.717, 1.165) is 38.5 Å². The molecule has 0 aromatic carbocycles. The van der Waals surface area contributed by atoms with Crippen LogP contribution in [0, 0.1) is 0 Å². The number of carbonyl (C=O) groups excluding carboxylic acids is 1. The van der Waals surface area contributed by atoms with Gasteiger partial charge >= 0.3 is 5.97 Å². The monoisotopic (exact) mass is 310 g/mol. The molecule has 4 nitrogen and oxygen atoms in total. The highest BCUT2D eigenvalue weighted by Crippen LogP contribution is 2.28. The van der Waals surface area contributed by atoms with Crippen LogP contribution in [-0.4, -0.2) is 29.1 Å². The number of ether oxygens (including phenoxy) is 1. The topological polar surface area (TPSA) is 66.9 Å². The van der Waals surface area contributed by atoms with Gasteiger partial charge in [0.05, 0.1) is 6.10 Å². The maximum atomic E-state index is 11.7. The van der Waals surface area contributed by atoms with E-state index in [9.17, 15) is 9.59 Å². The molecule has 0 aromatic rings. The predicted molar refractivity (Wildman–Crippen MR) is 86.9 cm³/mol. The SMILES string of the molecule is CCCCC[C@@H]1O[C@H]1C=CC(=O)CCCCCCCC(=O)O. The van der Waals surface area contributed by atoms with Crippen molar-refractivity contribution in [2.45, 2.75) is 89.8 Å². The normalized spacial score (nSPS) is 20.4. The molecule has 0 amide bonds. The Morgan fingerprint density at radius 2 is 1.68 bits per heavy atom. The van der Waals surface area contributed by atoms with Crippen molar-refractivity contribution in [3.8, 4) is 0 Å². The Kier molecular flexibility index (Phi) is 9.80. The van der Waals surface area contributed by atoms with Crippen molar-refractivity contribution < 1.29 is 19.4 Å². The van der Waals surface area contributed by atoms with Gasteiger partial charge in [-0.25, -0.2) is 0 Å². The summed E-state index contributed by atoms with van der Waals surface area (Å²) in [5.74, 6) is -0.552. The van der Waals surface area contributed by atoms with E-state index < -0.39 is 5.97 Å². The second kappa shape index (κ2) is 11.4. The van der Waals surface area contributed by atoms with E-state index >= 15 is 0 Å². The van der Waals surface area contributed by atoms with Crippen molar-refractivity contribution in [1.82, 2.24) is 0 Å². The van der Waals surface area contributed by atoms with Gasteiger partial charge in [0.1, 0.15) is 6.10 Å². The van der Waals surface area contributed by atoms with Crippen LogP contribution in [0.1, 0.15) is 77.6 Å². The standard InChI is InChI=1S/C18H30O4/c1-2-3-7-11-16-17(22-16)14-13-15(19)10-8-5-4-6-9-12-18(20)21/h13-14,16-17H,2-12H2,1H3,(H,20,21)/t16-,17-/m0/s1. The first kappa shape index (κ1) is 18.9. The lowest BCUT2D eigenvalue weighted by Gasteiger charge is -1.98. The zero-order chi connectivity index (χ0) is 16.2. The Morgan fingerprint density at radius 1 is 1.00 bits per heavy atom. The third kappa shape index (κ3) is 9.72. The highest BCUT2D eigenvalue weighted by atomic mass is 16.6. The van der Waals surface area contributed by atoms with Gasteiger partial charge in [-0.15, -0.1) is 0 Å². The lowest BCUT2D eigenvalue weighted by molar-refractivity contribution is -0.137. The smallest absolute Gasteiger partial charge is 0.303 e. The zero-order valence-electron chi connectivity index (χ0n) is 13.8. The number of aliphatic carboxylic acids is 1. The van der Waals surface area contributed by atoms with Gasteiger partial charge in [-0.05, 0) is 31.4 Å². The summed E-state index contributed by atoms with van der Waals surface area (Å²) in [5.41, 5.74) is 0. The summed E-state index contributed by atoms with van der Waals surface area (Å²) in [5, 5.41) is 8.51. The van der Waals surface area contributed by atoms with Crippen LogP contribution in [0.15, 0.2) is 12.2 Å². The largest absolute Gasteiger partial charge is 0.481 e. The first-order valence-electron chi connectivity index (χ1n) is 8.71. The van der Waals surface area contributed by atoms with Gasteiger partial charge < -0.3 is 9.84 Å². The molecule has 0 aromatic heterocycles. The molecule has 0 saturated carbocycles. The lowest BCUT2D eigenvalue weighted by Crippen LogP contribution is -1.96. The van der Waals surface area contributed by atoms with Gasteiger partial charge in [-0.1, -0.05) is 45.4 Å². The number of carbonyl (C=O) groups is 2. The zero-order valence-corrected chi connectivity index (χ0v) is 13.8. The van der Waals surface area contributed by atoms with Crippen molar-refractivity contribution in [3.05, 3.63) is 12.2 Å². The first-order chi connectivity index (χ1) is 10.6. The van der Waals surface area contributed by atoms with E-state index in [1.54, 1.807) is 6.08 Å². The third-order valence-electron chi connectivity index (χ3n) is 4.00. The highest BCUT2D eigenvalue weighted by molar-refractivity contribution is 5.89. The van der Waals surface area contributed by atoms with Crippen LogP contribution in [0.5, 0.6) is 0 Å². The van der Waals surface area contributed by atoms with Crippen LogP contribution in [0.3, 0.4) is 0 Å². The molecule has 1 heterocycles. The van der Waals surface area contributed by atoms with Crippen LogP contribution in [-0.2, 0) is 14.3 Å². The average molecular weight is 310 g/mol. The van der Waals surface area contributed by atoms with E-state index in [1.165, 1.54) is 19.3 Å². The predicted octanol–water partition coefficient (Wildman–Crippen LogP) is 4.27. The summed E-state index contributed by atoms with van der Waals surface area (Å²) < 4.78 is 5.52. The molecule has 0 aliphatic carbocycles. The molecule has 126 valence electrons. The summed E-state index contributed by atoms with van der Waals surface area (Å²) in [4.78, 5) is 22.0. The molecule has 1 rings (SSSR count). The molecule has 0 radical (unpaired) electrons. The van der Waals surface area contributed by atoms with Crippen molar-refractivity contribution in [1.29, 1.82) is 0 Å². The van der Waals surface area contributed by atoms with Crippen LogP contribution in [0.4, 0.5) is 0 Å². The van der Waals surface area contributed by atoms with Gasteiger partial charge in [-0.2, -0.15) is 0 Å². The van der Waals surface area contributed by atoms with Crippen LogP contribution >= 0.6 is 0 Å². The number of unbranched alkanes of at least 4 members (excludes halogenated alkanes) is 6.